The fourth-order valence-electron chi connectivity index (χ4n) is 15.0. The van der Waals surface area contributed by atoms with Crippen molar-refractivity contribution in [3.05, 3.63) is 404 Å². The van der Waals surface area contributed by atoms with Crippen LogP contribution in [0.3, 0.4) is 0 Å². The number of rotatable bonds is 15. The van der Waals surface area contributed by atoms with Crippen molar-refractivity contribution in [3.8, 4) is 84.6 Å². The van der Waals surface area contributed by atoms with Crippen LogP contribution in [0.15, 0.2) is 275 Å². The Balaban J connectivity index is 0.000000124. The SMILES string of the molecule is COc1cccc(-c2nc3c(Cl)cc(Cl)cn3c2CO)c1.OCc1c(-c2ccc(Br)cc2)nc2c(Cl)cc(Cl)cn12.OCc1c(-c2ccc(Cl)cc2Cl)nc2ccc(Br)cn12.OCc1c(-c2ccc(Cl)cc2Cl)nc2ccc(Cl)cn12.OCc1c(-c2ccc(F)c(Cl)c2)nc2ccc(Cl)cn12.OCc1c(-c2ccc(F)cc2F)nc2ccc(Cl)cn12.[C-]#[N+]c1ccc2nc(-c3ccc(Br)cc3)c(CO)n2c1. The molecule has 14 heterocycles. The number of aromatic nitrogens is 14. The summed E-state index contributed by atoms with van der Waals surface area (Å²) in [5, 5.41) is 72.9. The molecule has 0 radical (unpaired) electrons. The van der Waals surface area contributed by atoms with Gasteiger partial charge in [0.15, 0.2) is 11.3 Å². The molecule has 0 bridgehead atoms. The van der Waals surface area contributed by atoms with Gasteiger partial charge >= 0.3 is 0 Å². The predicted molar refractivity (Wildman–Crippen MR) is 562 cm³/mol. The fourth-order valence-corrected chi connectivity index (χ4v) is 18.5. The van der Waals surface area contributed by atoms with E-state index >= 15 is 0 Å². The van der Waals surface area contributed by atoms with Crippen molar-refractivity contribution in [2.75, 3.05) is 7.11 Å². The average molecular weight is 2330 g/mol. The van der Waals surface area contributed by atoms with Crippen LogP contribution in [0.1, 0.15) is 39.9 Å². The van der Waals surface area contributed by atoms with E-state index in [2.05, 4.69) is 87.5 Å². The zero-order chi connectivity index (χ0) is 100. The number of aliphatic hydroxyl groups excluding tert-OH is 7. The van der Waals surface area contributed by atoms with Gasteiger partial charge in [-0.15, -0.1) is 0 Å². The van der Waals surface area contributed by atoms with Crippen LogP contribution in [0.5, 0.6) is 5.75 Å². The van der Waals surface area contributed by atoms with E-state index in [0.29, 0.717) is 163 Å². The van der Waals surface area contributed by atoms with Crippen LogP contribution in [-0.2, 0) is 46.2 Å². The van der Waals surface area contributed by atoms with Crippen molar-refractivity contribution >= 4 is 232 Å². The first kappa shape index (κ1) is 104. The summed E-state index contributed by atoms with van der Waals surface area (Å²) in [6.45, 7) is 5.75. The van der Waals surface area contributed by atoms with Gasteiger partial charge in [0, 0.05) is 112 Å². The van der Waals surface area contributed by atoms with Gasteiger partial charge in [-0.25, -0.2) is 52.9 Å². The molecule has 0 fully saturated rings. The molecular formula is C100H67Br3Cl12F3N15O8. The fraction of sp³-hybridized carbons (Fsp3) is 0.0800. The topological polar surface area (TPSA) is 276 Å². The van der Waals surface area contributed by atoms with E-state index in [1.165, 1.54) is 18.2 Å². The highest BCUT2D eigenvalue weighted by molar-refractivity contribution is 9.11. The molecule has 0 aliphatic heterocycles. The molecule has 7 aromatic carbocycles. The first-order valence-corrected chi connectivity index (χ1v) is 48.3. The van der Waals surface area contributed by atoms with Crippen molar-refractivity contribution in [1.82, 2.24) is 65.7 Å². The van der Waals surface area contributed by atoms with E-state index in [0.717, 1.165) is 76.1 Å². The highest BCUT2D eigenvalue weighted by Gasteiger charge is 2.25. The Morgan fingerprint density at radius 2 is 0.624 bits per heavy atom. The number of imidazole rings is 7. The van der Waals surface area contributed by atoms with Gasteiger partial charge in [0.1, 0.15) is 51.4 Å². The molecule has 41 heteroatoms. The van der Waals surface area contributed by atoms with Gasteiger partial charge in [0.2, 0.25) is 5.69 Å². The number of halogens is 18. The predicted octanol–water partition coefficient (Wildman–Crippen LogP) is 28.6. The van der Waals surface area contributed by atoms with Crippen LogP contribution in [0.2, 0.25) is 60.3 Å². The van der Waals surface area contributed by atoms with Gasteiger partial charge in [-0.3, -0.25) is 26.4 Å². The van der Waals surface area contributed by atoms with E-state index < -0.39 is 17.5 Å². The highest BCUT2D eigenvalue weighted by Crippen LogP contribution is 2.40. The molecule has 0 aliphatic rings. The lowest BCUT2D eigenvalue weighted by Crippen LogP contribution is -1.95. The zero-order valence-electron chi connectivity index (χ0n) is 72.3. The van der Waals surface area contributed by atoms with Crippen molar-refractivity contribution in [2.45, 2.75) is 46.2 Å². The summed E-state index contributed by atoms with van der Waals surface area (Å²) in [7, 11) is 1.60. The quantitative estimate of drug-likeness (QED) is 0.0470. The smallest absolute Gasteiger partial charge is 0.203 e. The summed E-state index contributed by atoms with van der Waals surface area (Å²) in [6.07, 6.45) is 11.9. The maximum atomic E-state index is 13.9. The minimum Gasteiger partial charge on any atom is -0.497 e. The Bertz CT molecular complexity index is 7990. The van der Waals surface area contributed by atoms with Gasteiger partial charge in [-0.2, -0.15) is 0 Å². The summed E-state index contributed by atoms with van der Waals surface area (Å²) >= 11 is 82.4. The summed E-state index contributed by atoms with van der Waals surface area (Å²) in [5.74, 6) is -1.16. The summed E-state index contributed by atoms with van der Waals surface area (Å²) < 4.78 is 60.2. The largest absolute Gasteiger partial charge is 0.497 e. The number of nitrogens with zero attached hydrogens (tertiary/aromatic N) is 15. The molecule has 0 spiro atoms. The number of methoxy groups -OCH3 is 1. The van der Waals surface area contributed by atoms with Gasteiger partial charge in [0.05, 0.1) is 190 Å². The minimum atomic E-state index is -0.728. The Hall–Kier alpha value is -10.9. The number of pyridine rings is 7. The van der Waals surface area contributed by atoms with E-state index in [1.807, 2.05) is 95.5 Å². The third kappa shape index (κ3) is 23.5. The van der Waals surface area contributed by atoms with E-state index in [4.69, 9.17) is 151 Å². The number of ether oxygens (including phenoxy) is 1. The molecule has 0 aliphatic carbocycles. The van der Waals surface area contributed by atoms with Crippen molar-refractivity contribution in [1.29, 1.82) is 0 Å². The van der Waals surface area contributed by atoms with Crippen LogP contribution >= 0.6 is 187 Å². The van der Waals surface area contributed by atoms with Crippen molar-refractivity contribution in [3.63, 3.8) is 0 Å². The molecule has 7 N–H and O–H groups in total. The van der Waals surface area contributed by atoms with Crippen molar-refractivity contribution < 1.29 is 53.7 Å². The molecular weight excluding hydrogens is 2260 g/mol. The first-order valence-electron chi connectivity index (χ1n) is 41.4. The number of aliphatic hydroxyl groups is 7. The normalized spacial score (nSPS) is 11.1. The number of fused-ring (bicyclic) bond motifs is 7. The molecule has 14 aromatic heterocycles. The monoisotopic (exact) mass is 2320 g/mol. The highest BCUT2D eigenvalue weighted by atomic mass is 79.9. The molecule has 0 atom stereocenters. The van der Waals surface area contributed by atoms with Crippen LogP contribution in [-0.4, -0.2) is 109 Å². The van der Waals surface area contributed by atoms with E-state index in [-0.39, 0.29) is 62.5 Å². The Morgan fingerprint density at radius 1 is 0.291 bits per heavy atom. The Kier molecular flexibility index (Phi) is 34.5. The third-order valence-electron chi connectivity index (χ3n) is 21.4. The number of hydrogen-bond donors (Lipinski definition) is 7. The van der Waals surface area contributed by atoms with E-state index in [9.17, 15) is 48.9 Å². The van der Waals surface area contributed by atoms with Crippen molar-refractivity contribution in [2.24, 2.45) is 0 Å². The maximum Gasteiger partial charge on any atom is 0.203 e. The van der Waals surface area contributed by atoms with Crippen LogP contribution < -0.4 is 4.74 Å². The van der Waals surface area contributed by atoms with Gasteiger partial charge < -0.3 is 44.9 Å². The summed E-state index contributed by atoms with van der Waals surface area (Å²) in [5.41, 5.74) is 18.4. The molecule has 141 heavy (non-hydrogen) atoms. The standard InChI is InChI=1S/C15H10BrN3O.C15H12Cl2N2O2.2C14H9BrCl2N2O.C14H9Cl3N2O.C14H9Cl2FN2O.C14H9ClF2N2O/c1-17-12-6-7-14-18-15(13(9-20)19(14)8-12)10-2-4-11(16)5-3-10;1-21-11-4-2-3-9(5-11)14-13(8-20)19-7-10(16)6-12(17)15(19)18-14;15-8-1-4-13-18-14(12(7-20)19(13)6-8)10-3-2-9(16)5-11(10)17;15-9-3-1-8(2-4-9)13-12(7-20)19-6-10(16)5-11(17)14(19)18-13;15-8-1-3-10(11(17)5-8)14-12(7-20)19-6-9(16)2-4-13(19)18-14;15-9-2-4-13-18-14(12(7-20)19(13)6-9)8-1-3-11(17)10(16)5-8;15-8-1-4-13-18-14(12(7-20)19(13)6-8)10-3-2-9(16)5-11(10)17/h2-8,20H,9H2;2-7,20H,8H2,1H3;5*1-6,20H,7H2. The van der Waals surface area contributed by atoms with Crippen LogP contribution in [0.4, 0.5) is 18.9 Å². The van der Waals surface area contributed by atoms with E-state index in [1.54, 1.807) is 174 Å². The lowest BCUT2D eigenvalue weighted by molar-refractivity contribution is 0.276. The van der Waals surface area contributed by atoms with Gasteiger partial charge in [0.25, 0.3) is 0 Å². The Morgan fingerprint density at radius 3 is 1.04 bits per heavy atom. The lowest BCUT2D eigenvalue weighted by atomic mass is 10.1. The molecule has 21 aromatic rings. The molecule has 716 valence electrons. The van der Waals surface area contributed by atoms with Crippen LogP contribution in [0.25, 0.3) is 123 Å². The summed E-state index contributed by atoms with van der Waals surface area (Å²) in [4.78, 5) is 34.7. The first-order chi connectivity index (χ1) is 67.8. The minimum absolute atomic E-state index is 0.0153. The third-order valence-corrected chi connectivity index (χ3v) is 26.0. The zero-order valence-corrected chi connectivity index (χ0v) is 86.2. The summed E-state index contributed by atoms with van der Waals surface area (Å²) in [6, 6.07) is 61.8. The molecule has 0 unspecified atom stereocenters. The second-order valence-electron chi connectivity index (χ2n) is 30.1. The second kappa shape index (κ2) is 46.6. The molecule has 23 nitrogen and oxygen atoms in total. The second-order valence-corrected chi connectivity index (χ2v) is 38.0. The maximum absolute atomic E-state index is 13.9. The molecule has 0 amide bonds. The Labute approximate surface area is 885 Å². The van der Waals surface area contributed by atoms with Gasteiger partial charge in [-0.05, 0) is 186 Å². The molecule has 0 saturated heterocycles. The average Bonchev–Trinajstić information content (AvgIpc) is 1.66. The van der Waals surface area contributed by atoms with Gasteiger partial charge in [-0.1, -0.05) is 214 Å². The molecule has 21 rings (SSSR count). The van der Waals surface area contributed by atoms with Crippen LogP contribution in [0, 0.1) is 24.0 Å². The number of hydrogen-bond acceptors (Lipinski definition) is 15. The molecule has 0 saturated carbocycles. The number of benzene rings is 7. The lowest BCUT2D eigenvalue weighted by Gasteiger charge is -2.04.